The van der Waals surface area contributed by atoms with Gasteiger partial charge in [0.1, 0.15) is 5.60 Å². The molecule has 7 heteroatoms. The molecule has 1 saturated heterocycles. The van der Waals surface area contributed by atoms with Crippen LogP contribution in [0.2, 0.25) is 0 Å². The van der Waals surface area contributed by atoms with Gasteiger partial charge in [0.25, 0.3) is 0 Å². The Balaban J connectivity index is 2.05. The molecule has 1 N–H and O–H groups in total. The highest BCUT2D eigenvalue weighted by molar-refractivity contribution is 5.95. The predicted molar refractivity (Wildman–Crippen MR) is 95.1 cm³/mol. The van der Waals surface area contributed by atoms with Crippen LogP contribution in [0.25, 0.3) is 0 Å². The van der Waals surface area contributed by atoms with Gasteiger partial charge in [0.05, 0.1) is 18.9 Å². The van der Waals surface area contributed by atoms with Crippen LogP contribution in [0.3, 0.4) is 0 Å². The lowest BCUT2D eigenvalue weighted by Crippen LogP contribution is -2.43. The molecule has 1 aromatic rings. The molecule has 0 radical (unpaired) electrons. The van der Waals surface area contributed by atoms with Crippen molar-refractivity contribution in [3.63, 3.8) is 0 Å². The van der Waals surface area contributed by atoms with E-state index < -0.39 is 35.4 Å². The number of nitrogens with zero attached hydrogens (tertiary/aromatic N) is 1. The molecule has 2 unspecified atom stereocenters. The SMILES string of the molecule is COC(=O)C1CN(Cc2ccccc2)CC1C(=O)NC(=O)OC(C)(C)C. The average molecular weight is 362 g/mol. The van der Waals surface area contributed by atoms with E-state index >= 15 is 0 Å². The standard InChI is InChI=1S/C19H26N2O5/c1-19(2,3)26-18(24)20-16(22)14-11-21(12-15(14)17(23)25-4)10-13-8-6-5-7-9-13/h5-9,14-15H,10-12H2,1-4H3,(H,20,22,24). The van der Waals surface area contributed by atoms with Crippen molar-refractivity contribution in [2.45, 2.75) is 32.9 Å². The number of methoxy groups -OCH3 is 1. The fourth-order valence-corrected chi connectivity index (χ4v) is 3.01. The number of alkyl carbamates (subject to hydrolysis) is 1. The number of rotatable bonds is 4. The molecule has 0 saturated carbocycles. The summed E-state index contributed by atoms with van der Waals surface area (Å²) < 4.78 is 9.95. The first-order chi connectivity index (χ1) is 12.2. The number of hydrogen-bond acceptors (Lipinski definition) is 6. The molecule has 26 heavy (non-hydrogen) atoms. The van der Waals surface area contributed by atoms with Crippen LogP contribution in [0.15, 0.2) is 30.3 Å². The molecule has 0 aliphatic carbocycles. The minimum absolute atomic E-state index is 0.364. The first kappa shape index (κ1) is 19.9. The summed E-state index contributed by atoms with van der Waals surface area (Å²) in [6.07, 6.45) is -0.812. The minimum atomic E-state index is -0.812. The number of imide groups is 1. The predicted octanol–water partition coefficient (Wildman–Crippen LogP) is 1.96. The molecule has 7 nitrogen and oxygen atoms in total. The van der Waals surface area contributed by atoms with Gasteiger partial charge < -0.3 is 9.47 Å². The quantitative estimate of drug-likeness (QED) is 0.824. The van der Waals surface area contributed by atoms with Gasteiger partial charge in [0.15, 0.2) is 0 Å². The number of hydrogen-bond donors (Lipinski definition) is 1. The summed E-state index contributed by atoms with van der Waals surface area (Å²) in [5.41, 5.74) is 0.380. The molecule has 2 rings (SSSR count). The van der Waals surface area contributed by atoms with E-state index in [-0.39, 0.29) is 0 Å². The highest BCUT2D eigenvalue weighted by Gasteiger charge is 2.43. The lowest BCUT2D eigenvalue weighted by atomic mass is 9.95. The summed E-state index contributed by atoms with van der Waals surface area (Å²) >= 11 is 0. The summed E-state index contributed by atoms with van der Waals surface area (Å²) in [7, 11) is 1.30. The zero-order chi connectivity index (χ0) is 19.3. The van der Waals surface area contributed by atoms with E-state index in [1.165, 1.54) is 7.11 Å². The zero-order valence-electron chi connectivity index (χ0n) is 15.7. The van der Waals surface area contributed by atoms with Crippen LogP contribution in [0.1, 0.15) is 26.3 Å². The maximum atomic E-state index is 12.5. The minimum Gasteiger partial charge on any atom is -0.469 e. The van der Waals surface area contributed by atoms with Crippen molar-refractivity contribution >= 4 is 18.0 Å². The second-order valence-corrected chi connectivity index (χ2v) is 7.41. The molecule has 1 aliphatic rings. The van der Waals surface area contributed by atoms with Gasteiger partial charge in [-0.25, -0.2) is 4.79 Å². The van der Waals surface area contributed by atoms with Crippen molar-refractivity contribution in [1.82, 2.24) is 10.2 Å². The van der Waals surface area contributed by atoms with Crippen LogP contribution >= 0.6 is 0 Å². The highest BCUT2D eigenvalue weighted by atomic mass is 16.6. The average Bonchev–Trinajstić information content (AvgIpc) is 2.97. The summed E-state index contributed by atoms with van der Waals surface area (Å²) in [5.74, 6) is -2.26. The van der Waals surface area contributed by atoms with Gasteiger partial charge in [-0.1, -0.05) is 30.3 Å². The fourth-order valence-electron chi connectivity index (χ4n) is 3.01. The van der Waals surface area contributed by atoms with Crippen LogP contribution in [0, 0.1) is 11.8 Å². The van der Waals surface area contributed by atoms with E-state index in [4.69, 9.17) is 9.47 Å². The number of benzene rings is 1. The lowest BCUT2D eigenvalue weighted by Gasteiger charge is -2.21. The summed E-state index contributed by atoms with van der Waals surface area (Å²) in [6, 6.07) is 9.79. The van der Waals surface area contributed by atoms with Gasteiger partial charge in [-0.05, 0) is 26.3 Å². The highest BCUT2D eigenvalue weighted by Crippen LogP contribution is 2.26. The Bertz CT molecular complexity index is 654. The van der Waals surface area contributed by atoms with Crippen molar-refractivity contribution in [3.8, 4) is 0 Å². The van der Waals surface area contributed by atoms with Crippen LogP contribution < -0.4 is 5.32 Å². The molecule has 2 amide bonds. The van der Waals surface area contributed by atoms with Crippen LogP contribution in [0.5, 0.6) is 0 Å². The Morgan fingerprint density at radius 2 is 1.73 bits per heavy atom. The van der Waals surface area contributed by atoms with Crippen molar-refractivity contribution in [1.29, 1.82) is 0 Å². The normalized spacial score (nSPS) is 20.5. The molecule has 1 heterocycles. The molecule has 0 aromatic heterocycles. The molecular weight excluding hydrogens is 336 g/mol. The Hall–Kier alpha value is -2.41. The van der Waals surface area contributed by atoms with Gasteiger partial charge in [0, 0.05) is 19.6 Å². The summed E-state index contributed by atoms with van der Waals surface area (Å²) in [5, 5.41) is 2.24. The number of carbonyl (C=O) groups is 3. The first-order valence-corrected chi connectivity index (χ1v) is 8.57. The van der Waals surface area contributed by atoms with E-state index in [0.29, 0.717) is 19.6 Å². The molecule has 1 aromatic carbocycles. The Morgan fingerprint density at radius 1 is 1.12 bits per heavy atom. The number of likely N-dealkylation sites (tertiary alicyclic amines) is 1. The largest absolute Gasteiger partial charge is 0.469 e. The maximum Gasteiger partial charge on any atom is 0.414 e. The van der Waals surface area contributed by atoms with Crippen molar-refractivity contribution in [2.75, 3.05) is 20.2 Å². The third kappa shape index (κ3) is 5.56. The molecule has 1 aliphatic heterocycles. The molecule has 142 valence electrons. The van der Waals surface area contributed by atoms with E-state index in [1.807, 2.05) is 35.2 Å². The van der Waals surface area contributed by atoms with E-state index in [1.54, 1.807) is 20.8 Å². The van der Waals surface area contributed by atoms with Crippen molar-refractivity contribution < 1.29 is 23.9 Å². The van der Waals surface area contributed by atoms with Gasteiger partial charge in [-0.3, -0.25) is 19.8 Å². The second-order valence-electron chi connectivity index (χ2n) is 7.41. The number of nitrogens with one attached hydrogen (secondary N) is 1. The van der Waals surface area contributed by atoms with Crippen LogP contribution in [-0.4, -0.2) is 48.7 Å². The number of ether oxygens (including phenoxy) is 2. The molecule has 0 spiro atoms. The summed E-state index contributed by atoms with van der Waals surface area (Å²) in [4.78, 5) is 38.5. The van der Waals surface area contributed by atoms with Gasteiger partial charge in [-0.2, -0.15) is 0 Å². The van der Waals surface area contributed by atoms with Gasteiger partial charge >= 0.3 is 12.1 Å². The third-order valence-electron chi connectivity index (χ3n) is 4.11. The molecule has 0 bridgehead atoms. The third-order valence-corrected chi connectivity index (χ3v) is 4.11. The second kappa shape index (κ2) is 8.31. The molecule has 2 atom stereocenters. The maximum absolute atomic E-state index is 12.5. The van der Waals surface area contributed by atoms with E-state index in [0.717, 1.165) is 5.56 Å². The van der Waals surface area contributed by atoms with Crippen molar-refractivity contribution in [2.24, 2.45) is 11.8 Å². The first-order valence-electron chi connectivity index (χ1n) is 8.57. The molecule has 1 fully saturated rings. The topological polar surface area (TPSA) is 84.9 Å². The summed E-state index contributed by atoms with van der Waals surface area (Å²) in [6.45, 7) is 6.52. The number of esters is 1. The van der Waals surface area contributed by atoms with Crippen LogP contribution in [-0.2, 0) is 25.6 Å². The van der Waals surface area contributed by atoms with E-state index in [9.17, 15) is 14.4 Å². The monoisotopic (exact) mass is 362 g/mol. The number of carbonyl (C=O) groups excluding carboxylic acids is 3. The lowest BCUT2D eigenvalue weighted by molar-refractivity contribution is -0.148. The number of amides is 2. The van der Waals surface area contributed by atoms with Crippen molar-refractivity contribution in [3.05, 3.63) is 35.9 Å². The smallest absolute Gasteiger partial charge is 0.414 e. The Labute approximate surface area is 153 Å². The fraction of sp³-hybridized carbons (Fsp3) is 0.526. The van der Waals surface area contributed by atoms with Gasteiger partial charge in [-0.15, -0.1) is 0 Å². The molecular formula is C19H26N2O5. The van der Waals surface area contributed by atoms with E-state index in [2.05, 4.69) is 5.32 Å². The Kier molecular flexibility index (Phi) is 6.37. The van der Waals surface area contributed by atoms with Gasteiger partial charge in [0.2, 0.25) is 5.91 Å². The van der Waals surface area contributed by atoms with Crippen LogP contribution in [0.4, 0.5) is 4.79 Å². The zero-order valence-corrected chi connectivity index (χ0v) is 15.7. The Morgan fingerprint density at radius 3 is 2.31 bits per heavy atom.